The van der Waals surface area contributed by atoms with Gasteiger partial charge in [-0.2, -0.15) is 9.40 Å². The van der Waals surface area contributed by atoms with Crippen LogP contribution in [0.3, 0.4) is 0 Å². The van der Waals surface area contributed by atoms with Gasteiger partial charge in [-0.05, 0) is 30.7 Å². The van der Waals surface area contributed by atoms with Crippen molar-refractivity contribution in [3.63, 3.8) is 0 Å². The highest BCUT2D eigenvalue weighted by Gasteiger charge is 2.41. The molecule has 3 rings (SSSR count). The zero-order valence-electron chi connectivity index (χ0n) is 8.96. The summed E-state index contributed by atoms with van der Waals surface area (Å²) in [6.45, 7) is 1.37. The number of aromatic nitrogens is 2. The SMILES string of the molecule is O=S(=O)(c1ccn[nH]1)N1CC2CCCC2C1. The third-order valence-electron chi connectivity index (χ3n) is 3.79. The van der Waals surface area contributed by atoms with Gasteiger partial charge >= 0.3 is 0 Å². The molecule has 1 N–H and O–H groups in total. The smallest absolute Gasteiger partial charge is 0.259 e. The number of sulfonamides is 1. The highest BCUT2D eigenvalue weighted by Crippen LogP contribution is 2.39. The van der Waals surface area contributed by atoms with Crippen molar-refractivity contribution >= 4 is 10.0 Å². The number of rotatable bonds is 2. The van der Waals surface area contributed by atoms with Crippen molar-refractivity contribution in [3.8, 4) is 0 Å². The maximum absolute atomic E-state index is 12.2. The van der Waals surface area contributed by atoms with Crippen LogP contribution in [0.15, 0.2) is 17.3 Å². The Morgan fingerprint density at radius 2 is 2.00 bits per heavy atom. The first-order valence-electron chi connectivity index (χ1n) is 5.67. The second kappa shape index (κ2) is 3.56. The monoisotopic (exact) mass is 241 g/mol. The summed E-state index contributed by atoms with van der Waals surface area (Å²) in [4.78, 5) is 0. The topological polar surface area (TPSA) is 66.1 Å². The lowest BCUT2D eigenvalue weighted by Crippen LogP contribution is -2.29. The fourth-order valence-electron chi connectivity index (χ4n) is 2.91. The van der Waals surface area contributed by atoms with E-state index in [0.29, 0.717) is 24.9 Å². The molecule has 88 valence electrons. The van der Waals surface area contributed by atoms with E-state index in [1.807, 2.05) is 0 Å². The number of nitrogens with zero attached hydrogens (tertiary/aromatic N) is 2. The summed E-state index contributed by atoms with van der Waals surface area (Å²) in [6.07, 6.45) is 5.09. The van der Waals surface area contributed by atoms with Crippen molar-refractivity contribution in [3.05, 3.63) is 12.3 Å². The Labute approximate surface area is 94.9 Å². The normalized spacial score (nSPS) is 30.8. The summed E-state index contributed by atoms with van der Waals surface area (Å²) < 4.78 is 26.0. The molecular formula is C10H15N3O2S. The van der Waals surface area contributed by atoms with E-state index in [0.717, 1.165) is 0 Å². The average molecular weight is 241 g/mol. The van der Waals surface area contributed by atoms with E-state index in [-0.39, 0.29) is 5.03 Å². The molecule has 1 aliphatic carbocycles. The van der Waals surface area contributed by atoms with Crippen molar-refractivity contribution in [2.75, 3.05) is 13.1 Å². The Balaban J connectivity index is 1.85. The zero-order valence-corrected chi connectivity index (χ0v) is 9.78. The summed E-state index contributed by atoms with van der Waals surface area (Å²) in [5.41, 5.74) is 0. The molecule has 2 heterocycles. The van der Waals surface area contributed by atoms with Crippen LogP contribution in [0.5, 0.6) is 0 Å². The van der Waals surface area contributed by atoms with Crippen LogP contribution in [0.1, 0.15) is 19.3 Å². The number of aromatic amines is 1. The Kier molecular flexibility index (Phi) is 2.29. The van der Waals surface area contributed by atoms with E-state index in [1.165, 1.54) is 31.5 Å². The lowest BCUT2D eigenvalue weighted by Gasteiger charge is -2.15. The van der Waals surface area contributed by atoms with Crippen LogP contribution in [0, 0.1) is 11.8 Å². The minimum Gasteiger partial charge on any atom is -0.266 e. The van der Waals surface area contributed by atoms with Crippen LogP contribution >= 0.6 is 0 Å². The molecule has 0 radical (unpaired) electrons. The van der Waals surface area contributed by atoms with Crippen molar-refractivity contribution < 1.29 is 8.42 Å². The van der Waals surface area contributed by atoms with Crippen LogP contribution in [-0.2, 0) is 10.0 Å². The highest BCUT2D eigenvalue weighted by molar-refractivity contribution is 7.89. The van der Waals surface area contributed by atoms with Gasteiger partial charge in [-0.15, -0.1) is 0 Å². The van der Waals surface area contributed by atoms with Gasteiger partial charge in [-0.25, -0.2) is 8.42 Å². The van der Waals surface area contributed by atoms with E-state index in [9.17, 15) is 8.42 Å². The quantitative estimate of drug-likeness (QED) is 0.834. The third kappa shape index (κ3) is 1.48. The number of nitrogens with one attached hydrogen (secondary N) is 1. The fraction of sp³-hybridized carbons (Fsp3) is 0.700. The molecule has 1 aliphatic heterocycles. The fourth-order valence-corrected chi connectivity index (χ4v) is 4.37. The maximum Gasteiger partial charge on any atom is 0.259 e. The van der Waals surface area contributed by atoms with Gasteiger partial charge in [0, 0.05) is 13.1 Å². The molecule has 1 aromatic heterocycles. The lowest BCUT2D eigenvalue weighted by atomic mass is 10.0. The molecule has 0 spiro atoms. The molecule has 2 unspecified atom stereocenters. The Hall–Kier alpha value is -0.880. The van der Waals surface area contributed by atoms with Crippen LogP contribution in [-0.4, -0.2) is 36.0 Å². The van der Waals surface area contributed by atoms with Gasteiger partial charge in [0.05, 0.1) is 6.20 Å². The van der Waals surface area contributed by atoms with Gasteiger partial charge in [-0.3, -0.25) is 5.10 Å². The Morgan fingerprint density at radius 1 is 1.31 bits per heavy atom. The van der Waals surface area contributed by atoms with Gasteiger partial charge < -0.3 is 0 Å². The molecule has 2 aliphatic rings. The molecule has 2 atom stereocenters. The van der Waals surface area contributed by atoms with Crippen molar-refractivity contribution in [2.24, 2.45) is 11.8 Å². The molecule has 1 saturated heterocycles. The largest absolute Gasteiger partial charge is 0.266 e. The summed E-state index contributed by atoms with van der Waals surface area (Å²) >= 11 is 0. The number of H-pyrrole nitrogens is 1. The van der Waals surface area contributed by atoms with E-state index >= 15 is 0 Å². The molecule has 0 aromatic carbocycles. The Morgan fingerprint density at radius 3 is 2.56 bits per heavy atom. The Bertz CT molecular complexity index is 456. The van der Waals surface area contributed by atoms with Gasteiger partial charge in [0.25, 0.3) is 10.0 Å². The maximum atomic E-state index is 12.2. The van der Waals surface area contributed by atoms with Gasteiger partial charge in [0.15, 0.2) is 5.03 Å². The highest BCUT2D eigenvalue weighted by atomic mass is 32.2. The summed E-state index contributed by atoms with van der Waals surface area (Å²) in [5, 5.41) is 6.46. The molecule has 16 heavy (non-hydrogen) atoms. The van der Waals surface area contributed by atoms with E-state index in [2.05, 4.69) is 10.2 Å². The van der Waals surface area contributed by atoms with Crippen LogP contribution in [0.4, 0.5) is 0 Å². The molecule has 1 saturated carbocycles. The molecule has 2 fully saturated rings. The van der Waals surface area contributed by atoms with Gasteiger partial charge in [0.2, 0.25) is 0 Å². The van der Waals surface area contributed by atoms with Crippen LogP contribution in [0.25, 0.3) is 0 Å². The minimum absolute atomic E-state index is 0.215. The first kappa shape index (κ1) is 10.3. The predicted molar refractivity (Wildman–Crippen MR) is 58.2 cm³/mol. The predicted octanol–water partition coefficient (Wildman–Crippen LogP) is 0.830. The first-order valence-corrected chi connectivity index (χ1v) is 7.11. The third-order valence-corrected chi connectivity index (χ3v) is 5.55. The standard InChI is InChI=1S/C10H15N3O2S/c14-16(15,10-4-5-11-12-10)13-6-8-2-1-3-9(8)7-13/h4-5,8-9H,1-3,6-7H2,(H,11,12). The number of hydrogen-bond acceptors (Lipinski definition) is 3. The second-order valence-corrected chi connectivity index (χ2v) is 6.60. The number of hydrogen-bond donors (Lipinski definition) is 1. The van der Waals surface area contributed by atoms with E-state index < -0.39 is 10.0 Å². The van der Waals surface area contributed by atoms with E-state index in [4.69, 9.17) is 0 Å². The summed E-state index contributed by atoms with van der Waals surface area (Å²) in [7, 11) is -3.32. The lowest BCUT2D eigenvalue weighted by molar-refractivity contribution is 0.443. The average Bonchev–Trinajstić information content (AvgIpc) is 2.94. The zero-order chi connectivity index (χ0) is 11.2. The molecule has 5 nitrogen and oxygen atoms in total. The number of fused-ring (bicyclic) bond motifs is 1. The van der Waals surface area contributed by atoms with Crippen molar-refractivity contribution in [2.45, 2.75) is 24.3 Å². The minimum atomic E-state index is -3.32. The summed E-state index contributed by atoms with van der Waals surface area (Å²) in [5.74, 6) is 1.16. The molecule has 1 aromatic rings. The molecule has 0 amide bonds. The van der Waals surface area contributed by atoms with E-state index in [1.54, 1.807) is 4.31 Å². The van der Waals surface area contributed by atoms with Crippen LogP contribution in [0.2, 0.25) is 0 Å². The van der Waals surface area contributed by atoms with Crippen molar-refractivity contribution in [1.29, 1.82) is 0 Å². The molecule has 6 heteroatoms. The summed E-state index contributed by atoms with van der Waals surface area (Å²) in [6, 6.07) is 1.52. The molecule has 0 bridgehead atoms. The van der Waals surface area contributed by atoms with Crippen molar-refractivity contribution in [1.82, 2.24) is 14.5 Å². The van der Waals surface area contributed by atoms with Crippen LogP contribution < -0.4 is 0 Å². The second-order valence-electron chi connectivity index (χ2n) is 4.69. The van der Waals surface area contributed by atoms with Gasteiger partial charge in [0.1, 0.15) is 0 Å². The first-order chi connectivity index (χ1) is 7.68. The van der Waals surface area contributed by atoms with Gasteiger partial charge in [-0.1, -0.05) is 6.42 Å². The molecular weight excluding hydrogens is 226 g/mol.